The number of hydrogen-bond donors (Lipinski definition) is 0. The molecule has 0 aliphatic heterocycles. The second kappa shape index (κ2) is 19.4. The minimum Gasteiger partial charge on any atom is -0.496 e. The summed E-state index contributed by atoms with van der Waals surface area (Å²) in [5, 5.41) is 0. The lowest BCUT2D eigenvalue weighted by atomic mass is 9.94. The second-order valence-corrected chi connectivity index (χ2v) is 17.9. The smallest absolute Gasteiger partial charge is 0.496 e. The normalized spacial score (nSPS) is 13.2. The van der Waals surface area contributed by atoms with Crippen LogP contribution >= 0.6 is 0 Å². The third-order valence-electron chi connectivity index (χ3n) is 10.8. The number of alkyl halides is 6. The quantitative estimate of drug-likeness (QED) is 0.0652. The maximum atomic E-state index is 13.9. The Bertz CT molecular complexity index is 2710. The minimum atomic E-state index is -6.21. The molecule has 10 aliphatic rings. The van der Waals surface area contributed by atoms with Gasteiger partial charge in [0, 0.05) is 87.7 Å². The monoisotopic (exact) mass is 986 g/mol. The average Bonchev–Trinajstić information content (AvgIpc) is 3.27. The number of rotatable bonds is 12. The molecule has 0 unspecified atom stereocenters. The van der Waals surface area contributed by atoms with E-state index in [2.05, 4.69) is 0 Å². The van der Waals surface area contributed by atoms with Gasteiger partial charge in [-0.2, -0.15) is 43.2 Å². The lowest BCUT2D eigenvalue weighted by Crippen LogP contribution is -2.28. The van der Waals surface area contributed by atoms with E-state index in [9.17, 15) is 43.2 Å². The van der Waals surface area contributed by atoms with Gasteiger partial charge in [0.25, 0.3) is 0 Å². The van der Waals surface area contributed by atoms with Gasteiger partial charge < -0.3 is 46.3 Å². The van der Waals surface area contributed by atoms with E-state index in [-0.39, 0.29) is 100 Å². The largest absolute Gasteiger partial charge is 0.534 e. The fourth-order valence-electron chi connectivity index (χ4n) is 7.63. The Kier molecular flexibility index (Phi) is 14.5. The summed E-state index contributed by atoms with van der Waals surface area (Å²) in [4.78, 5) is 0. The molecular weight excluding hydrogens is 943 g/mol. The number of benzene rings is 5. The molecule has 0 atom stereocenters. The van der Waals surface area contributed by atoms with Gasteiger partial charge in [0.15, 0.2) is 0 Å². The van der Waals surface area contributed by atoms with Crippen molar-refractivity contribution in [3.05, 3.63) is 116 Å². The van der Waals surface area contributed by atoms with Crippen molar-refractivity contribution >= 4 is 20.2 Å². The van der Waals surface area contributed by atoms with Gasteiger partial charge in [-0.1, -0.05) is 0 Å². The first-order chi connectivity index (χ1) is 31.5. The van der Waals surface area contributed by atoms with Crippen molar-refractivity contribution in [3.63, 3.8) is 0 Å². The third kappa shape index (κ3) is 10.4. The molecule has 0 N–H and O–H groups in total. The summed E-state index contributed by atoms with van der Waals surface area (Å²) in [5.41, 5.74) is -8.99. The average molecular weight is 987 g/mol. The van der Waals surface area contributed by atoms with Crippen LogP contribution in [0.5, 0.6) is 57.5 Å². The van der Waals surface area contributed by atoms with Crippen molar-refractivity contribution in [1.29, 1.82) is 0 Å². The maximum Gasteiger partial charge on any atom is 0.534 e. The number of hydrogen-bond acceptors (Lipinski definition) is 14. The molecule has 10 bridgehead atoms. The van der Waals surface area contributed by atoms with Gasteiger partial charge in [-0.25, -0.2) is 0 Å². The van der Waals surface area contributed by atoms with E-state index in [4.69, 9.17) is 46.3 Å². The van der Waals surface area contributed by atoms with Crippen LogP contribution < -0.4 is 46.3 Å². The van der Waals surface area contributed by atoms with Gasteiger partial charge in [-0.3, -0.25) is 0 Å². The molecule has 0 aromatic heterocycles. The SMILES string of the molecule is COc1cc2c(OC)cc1Cc1cc(OS(=O)(=O)C(F)(F)F)c(cc1OC)Cc1cc(OC)c(cc1OC)Cc1cc(OC)c(cc1OC)Cc1cc(OC)c(cc1OS(=O)(=O)C(F)(F)F)C2. The number of halogens is 6. The van der Waals surface area contributed by atoms with E-state index in [0.717, 1.165) is 12.1 Å². The standard InChI is InChI=1S/C45H44F6O14S2/c1-56-34-16-27-11-31-23-43(65-67(54,55)45(49,50)51)33(21-41(31)63-8)13-29-19-37(59-4)25(15-39(29)61-6)9-24-14-38(60-5)28(18-36(24)58-3)12-32-20-40(62-7)30(10-26(34)17-35(27)57-2)22-42(32)64-66(52,53)44(46,47)48/h14-23H,9-13H2,1-8H3. The molecule has 67 heavy (non-hydrogen) atoms. The fraction of sp³-hybridized carbons (Fsp3) is 0.333. The zero-order valence-electron chi connectivity index (χ0n) is 37.1. The van der Waals surface area contributed by atoms with Crippen LogP contribution in [0.15, 0.2) is 60.7 Å². The molecule has 5 aromatic carbocycles. The lowest BCUT2D eigenvalue weighted by molar-refractivity contribution is -0.0505. The second-order valence-electron chi connectivity index (χ2n) is 14.8. The van der Waals surface area contributed by atoms with E-state index in [1.807, 2.05) is 0 Å². The number of methoxy groups -OCH3 is 8. The first-order valence-corrected chi connectivity index (χ1v) is 22.5. The van der Waals surface area contributed by atoms with Crippen molar-refractivity contribution < 1.29 is 89.4 Å². The van der Waals surface area contributed by atoms with Crippen LogP contribution in [-0.2, 0) is 52.3 Å². The predicted molar refractivity (Wildman–Crippen MR) is 230 cm³/mol. The first-order valence-electron chi connectivity index (χ1n) is 19.7. The topological polar surface area (TPSA) is 161 Å². The third-order valence-corrected chi connectivity index (χ3v) is 12.8. The van der Waals surface area contributed by atoms with Crippen molar-refractivity contribution in [2.45, 2.75) is 43.1 Å². The molecule has 0 saturated heterocycles. The van der Waals surface area contributed by atoms with Crippen molar-refractivity contribution in [2.24, 2.45) is 0 Å². The summed E-state index contributed by atoms with van der Waals surface area (Å²) in [7, 11) is -1.71. The Labute approximate surface area is 382 Å². The molecule has 14 nitrogen and oxygen atoms in total. The van der Waals surface area contributed by atoms with E-state index < -0.39 is 42.8 Å². The molecule has 0 fully saturated rings. The van der Waals surface area contributed by atoms with Crippen LogP contribution in [0.3, 0.4) is 0 Å². The fourth-order valence-corrected chi connectivity index (χ4v) is 8.61. The summed E-state index contributed by atoms with van der Waals surface area (Å²) in [6, 6.07) is 14.2. The molecule has 22 heteroatoms. The van der Waals surface area contributed by atoms with Crippen LogP contribution in [-0.4, -0.2) is 84.7 Å². The highest BCUT2D eigenvalue weighted by Crippen LogP contribution is 2.44. The molecule has 0 heterocycles. The molecule has 0 amide bonds. The van der Waals surface area contributed by atoms with Gasteiger partial charge in [0.1, 0.15) is 57.5 Å². The van der Waals surface area contributed by atoms with Crippen LogP contribution in [0.2, 0.25) is 0 Å². The van der Waals surface area contributed by atoms with Crippen LogP contribution in [0, 0.1) is 0 Å². The summed E-state index contributed by atoms with van der Waals surface area (Å²) in [6.07, 6.45) is -0.773. The van der Waals surface area contributed by atoms with Gasteiger partial charge in [-0.15, -0.1) is 0 Å². The molecular formula is C45H44F6O14S2. The molecule has 5 aromatic rings. The van der Waals surface area contributed by atoms with E-state index in [1.54, 1.807) is 24.3 Å². The van der Waals surface area contributed by atoms with Crippen molar-refractivity contribution in [2.75, 3.05) is 56.9 Å². The predicted octanol–water partition coefficient (Wildman–Crippen LogP) is 8.48. The van der Waals surface area contributed by atoms with Gasteiger partial charge in [-0.05, 0) is 60.7 Å². The summed E-state index contributed by atoms with van der Waals surface area (Å²) in [5.74, 6) is 0.181. The molecule has 362 valence electrons. The Hall–Kier alpha value is -6.42. The molecule has 15 rings (SSSR count). The minimum absolute atomic E-state index is 0.0415. The Morgan fingerprint density at radius 2 is 0.433 bits per heavy atom. The zero-order chi connectivity index (χ0) is 49.2. The van der Waals surface area contributed by atoms with E-state index in [1.165, 1.54) is 81.1 Å². The van der Waals surface area contributed by atoms with Crippen LogP contribution in [0.25, 0.3) is 0 Å². The van der Waals surface area contributed by atoms with Crippen LogP contribution in [0.4, 0.5) is 26.3 Å². The Balaban J connectivity index is 1.68. The van der Waals surface area contributed by atoms with Crippen molar-refractivity contribution in [1.82, 2.24) is 0 Å². The van der Waals surface area contributed by atoms with Gasteiger partial charge in [0.2, 0.25) is 0 Å². The molecule has 0 radical (unpaired) electrons. The van der Waals surface area contributed by atoms with E-state index in [0.29, 0.717) is 33.4 Å². The highest BCUT2D eigenvalue weighted by molar-refractivity contribution is 7.88. The Morgan fingerprint density at radius 1 is 0.299 bits per heavy atom. The summed E-state index contributed by atoms with van der Waals surface area (Å²) in [6.45, 7) is 0. The summed E-state index contributed by atoms with van der Waals surface area (Å²) >= 11 is 0. The van der Waals surface area contributed by atoms with Gasteiger partial charge in [0.05, 0.1) is 56.9 Å². The van der Waals surface area contributed by atoms with Crippen LogP contribution in [0.1, 0.15) is 55.6 Å². The highest BCUT2D eigenvalue weighted by Gasteiger charge is 2.50. The zero-order valence-corrected chi connectivity index (χ0v) is 38.7. The highest BCUT2D eigenvalue weighted by atomic mass is 32.2. The lowest BCUT2D eigenvalue weighted by Gasteiger charge is -2.20. The van der Waals surface area contributed by atoms with Crippen molar-refractivity contribution in [3.8, 4) is 57.5 Å². The first kappa shape index (κ1) is 50.0. The number of ether oxygens (including phenoxy) is 8. The molecule has 0 spiro atoms. The molecule has 0 saturated carbocycles. The Morgan fingerprint density at radius 3 is 0.567 bits per heavy atom. The summed E-state index contributed by atoms with van der Waals surface area (Å²) < 4.78 is 189. The maximum absolute atomic E-state index is 13.9. The molecule has 10 aliphatic carbocycles. The van der Waals surface area contributed by atoms with Gasteiger partial charge >= 0.3 is 31.3 Å². The van der Waals surface area contributed by atoms with E-state index >= 15 is 0 Å².